The molecule has 2 heterocycles. The van der Waals surface area contributed by atoms with Crippen LogP contribution in [0.5, 0.6) is 5.75 Å². The van der Waals surface area contributed by atoms with Crippen LogP contribution in [0.3, 0.4) is 0 Å². The molecule has 4 nitrogen and oxygen atoms in total. The number of rotatable bonds is 3. The van der Waals surface area contributed by atoms with Crippen LogP contribution >= 0.6 is 0 Å². The van der Waals surface area contributed by atoms with Crippen LogP contribution in [0, 0.1) is 12.7 Å². The lowest BCUT2D eigenvalue weighted by molar-refractivity contribution is 0.339. The highest BCUT2D eigenvalue weighted by molar-refractivity contribution is 5.45. The van der Waals surface area contributed by atoms with Crippen LogP contribution in [0.2, 0.25) is 0 Å². The van der Waals surface area contributed by atoms with Crippen molar-refractivity contribution in [2.45, 2.75) is 19.8 Å². The summed E-state index contributed by atoms with van der Waals surface area (Å²) < 4.78 is 19.6. The summed E-state index contributed by atoms with van der Waals surface area (Å²) in [6, 6.07) is 7.82. The number of hydrogen-bond donors (Lipinski definition) is 1. The van der Waals surface area contributed by atoms with Gasteiger partial charge in [-0.25, -0.2) is 14.4 Å². The highest BCUT2D eigenvalue weighted by atomic mass is 19.1. The number of aryl methyl sites for hydroxylation is 1. The molecular formula is C15H16FN3O. The molecule has 0 saturated carbocycles. The molecule has 20 heavy (non-hydrogen) atoms. The number of hydrogen-bond acceptors (Lipinski definition) is 4. The summed E-state index contributed by atoms with van der Waals surface area (Å²) in [6.45, 7) is 4.67. The lowest BCUT2D eigenvalue weighted by Gasteiger charge is -2.12. The van der Waals surface area contributed by atoms with E-state index >= 15 is 0 Å². The van der Waals surface area contributed by atoms with Gasteiger partial charge in [-0.05, 0) is 19.9 Å². The quantitative estimate of drug-likeness (QED) is 0.934. The summed E-state index contributed by atoms with van der Waals surface area (Å²) in [6.07, 6.45) is 0. The number of benzene rings is 1. The van der Waals surface area contributed by atoms with E-state index in [4.69, 9.17) is 4.74 Å². The average molecular weight is 273 g/mol. The molecule has 1 aromatic heterocycles. The Bertz CT molecular complexity index is 645. The van der Waals surface area contributed by atoms with E-state index in [9.17, 15) is 4.39 Å². The average Bonchev–Trinajstić information content (AvgIpc) is 2.88. The van der Waals surface area contributed by atoms with E-state index in [1.807, 2.05) is 31.2 Å². The number of nitrogens with one attached hydrogen (secondary N) is 1. The number of nitrogens with zero attached hydrogens (tertiary/aromatic N) is 2. The Balaban J connectivity index is 2.03. The molecule has 5 heteroatoms. The van der Waals surface area contributed by atoms with Gasteiger partial charge in [0.1, 0.15) is 18.2 Å². The van der Waals surface area contributed by atoms with E-state index in [-0.39, 0.29) is 17.6 Å². The summed E-state index contributed by atoms with van der Waals surface area (Å²) >= 11 is 0. The number of fused-ring (bicyclic) bond motifs is 1. The molecule has 0 amide bonds. The normalized spacial score (nSPS) is 16.6. The van der Waals surface area contributed by atoms with Crippen LogP contribution < -0.4 is 10.1 Å². The van der Waals surface area contributed by atoms with Crippen molar-refractivity contribution < 1.29 is 9.13 Å². The molecule has 1 unspecified atom stereocenters. The third-order valence-electron chi connectivity index (χ3n) is 3.39. The van der Waals surface area contributed by atoms with Crippen molar-refractivity contribution in [2.75, 3.05) is 18.5 Å². The third kappa shape index (κ3) is 2.09. The number of anilines is 1. The lowest BCUT2D eigenvalue weighted by Crippen LogP contribution is -2.13. The fourth-order valence-electron chi connectivity index (χ4n) is 2.40. The third-order valence-corrected chi connectivity index (χ3v) is 3.39. The SMILES string of the molecule is CCNc1nc(C2COc3ccccc32)nc(C)c1F. The standard InChI is InChI=1S/C15H16FN3O/c1-3-17-15-13(16)9(2)18-14(19-15)11-8-20-12-7-5-4-6-10(11)12/h4-7,11H,3,8H2,1-2H3,(H,17,18,19). The molecule has 0 saturated heterocycles. The molecule has 0 fully saturated rings. The molecule has 0 radical (unpaired) electrons. The number of halogens is 1. The number of aromatic nitrogens is 2. The zero-order valence-electron chi connectivity index (χ0n) is 11.5. The second-order valence-corrected chi connectivity index (χ2v) is 4.76. The van der Waals surface area contributed by atoms with E-state index in [2.05, 4.69) is 15.3 Å². The van der Waals surface area contributed by atoms with Crippen molar-refractivity contribution in [3.05, 3.63) is 47.2 Å². The van der Waals surface area contributed by atoms with Crippen LogP contribution in [-0.4, -0.2) is 23.1 Å². The molecule has 3 rings (SSSR count). The monoisotopic (exact) mass is 273 g/mol. The van der Waals surface area contributed by atoms with Crippen LogP contribution in [0.1, 0.15) is 29.9 Å². The Labute approximate surface area is 117 Å². The maximum Gasteiger partial charge on any atom is 0.186 e. The topological polar surface area (TPSA) is 47.0 Å². The Morgan fingerprint density at radius 2 is 2.15 bits per heavy atom. The highest BCUT2D eigenvalue weighted by Gasteiger charge is 2.28. The highest BCUT2D eigenvalue weighted by Crippen LogP contribution is 2.37. The van der Waals surface area contributed by atoms with E-state index in [1.165, 1.54) is 0 Å². The fourth-order valence-corrected chi connectivity index (χ4v) is 2.40. The molecule has 104 valence electrons. The molecule has 1 aliphatic heterocycles. The van der Waals surface area contributed by atoms with Gasteiger partial charge in [0.15, 0.2) is 11.6 Å². The predicted molar refractivity (Wildman–Crippen MR) is 74.7 cm³/mol. The molecule has 0 aliphatic carbocycles. The van der Waals surface area contributed by atoms with Gasteiger partial charge in [0.2, 0.25) is 0 Å². The molecular weight excluding hydrogens is 257 g/mol. The summed E-state index contributed by atoms with van der Waals surface area (Å²) in [5.41, 5.74) is 1.41. The Kier molecular flexibility index (Phi) is 3.26. The molecule has 1 atom stereocenters. The summed E-state index contributed by atoms with van der Waals surface area (Å²) in [4.78, 5) is 8.62. The zero-order chi connectivity index (χ0) is 14.1. The minimum absolute atomic E-state index is 0.0390. The largest absolute Gasteiger partial charge is 0.492 e. The first-order valence-electron chi connectivity index (χ1n) is 6.70. The van der Waals surface area contributed by atoms with E-state index in [0.29, 0.717) is 24.7 Å². The predicted octanol–water partition coefficient (Wildman–Crippen LogP) is 2.88. The smallest absolute Gasteiger partial charge is 0.186 e. The van der Waals surface area contributed by atoms with Gasteiger partial charge in [-0.3, -0.25) is 0 Å². The maximum absolute atomic E-state index is 13.9. The van der Waals surface area contributed by atoms with Gasteiger partial charge in [0.05, 0.1) is 11.6 Å². The van der Waals surface area contributed by atoms with Gasteiger partial charge in [0.25, 0.3) is 0 Å². The van der Waals surface area contributed by atoms with Crippen molar-refractivity contribution in [1.29, 1.82) is 0 Å². The minimum Gasteiger partial charge on any atom is -0.492 e. The first-order valence-corrected chi connectivity index (χ1v) is 6.70. The zero-order valence-corrected chi connectivity index (χ0v) is 11.5. The van der Waals surface area contributed by atoms with E-state index < -0.39 is 0 Å². The van der Waals surface area contributed by atoms with Crippen molar-refractivity contribution in [1.82, 2.24) is 9.97 Å². The molecule has 1 N–H and O–H groups in total. The van der Waals surface area contributed by atoms with Gasteiger partial charge in [-0.1, -0.05) is 18.2 Å². The second-order valence-electron chi connectivity index (χ2n) is 4.76. The summed E-state index contributed by atoms with van der Waals surface area (Å²) in [5.74, 6) is 1.29. The van der Waals surface area contributed by atoms with E-state index in [1.54, 1.807) is 6.92 Å². The Hall–Kier alpha value is -2.17. The van der Waals surface area contributed by atoms with Crippen molar-refractivity contribution in [2.24, 2.45) is 0 Å². The Morgan fingerprint density at radius 3 is 2.95 bits per heavy atom. The van der Waals surface area contributed by atoms with Gasteiger partial charge in [0, 0.05) is 12.1 Å². The van der Waals surface area contributed by atoms with Gasteiger partial charge < -0.3 is 10.1 Å². The first-order chi connectivity index (χ1) is 9.70. The van der Waals surface area contributed by atoms with Crippen LogP contribution in [0.4, 0.5) is 10.2 Å². The molecule has 0 bridgehead atoms. The molecule has 1 aliphatic rings. The van der Waals surface area contributed by atoms with E-state index in [0.717, 1.165) is 11.3 Å². The molecule has 1 aromatic carbocycles. The molecule has 2 aromatic rings. The van der Waals surface area contributed by atoms with Gasteiger partial charge >= 0.3 is 0 Å². The second kappa shape index (κ2) is 5.07. The van der Waals surface area contributed by atoms with Crippen LogP contribution in [0.25, 0.3) is 0 Å². The first kappa shape index (κ1) is 12.8. The lowest BCUT2D eigenvalue weighted by atomic mass is 10.0. The fraction of sp³-hybridized carbons (Fsp3) is 0.333. The van der Waals surface area contributed by atoms with Crippen molar-refractivity contribution >= 4 is 5.82 Å². The van der Waals surface area contributed by atoms with Gasteiger partial charge in [-0.2, -0.15) is 0 Å². The maximum atomic E-state index is 13.9. The number of ether oxygens (including phenoxy) is 1. The van der Waals surface area contributed by atoms with Crippen LogP contribution in [0.15, 0.2) is 24.3 Å². The van der Waals surface area contributed by atoms with Crippen molar-refractivity contribution in [3.8, 4) is 5.75 Å². The Morgan fingerprint density at radius 1 is 1.35 bits per heavy atom. The molecule has 0 spiro atoms. The minimum atomic E-state index is -0.386. The summed E-state index contributed by atoms with van der Waals surface area (Å²) in [5, 5.41) is 2.94. The van der Waals surface area contributed by atoms with Crippen LogP contribution in [-0.2, 0) is 0 Å². The van der Waals surface area contributed by atoms with Gasteiger partial charge in [-0.15, -0.1) is 0 Å². The summed E-state index contributed by atoms with van der Waals surface area (Å²) in [7, 11) is 0. The number of para-hydroxylation sites is 1. The van der Waals surface area contributed by atoms with Crippen molar-refractivity contribution in [3.63, 3.8) is 0 Å².